The molecule has 1 amide bonds. The first-order valence-electron chi connectivity index (χ1n) is 8.44. The van der Waals surface area contributed by atoms with Crippen molar-refractivity contribution < 1.29 is 4.79 Å². The Labute approximate surface area is 153 Å². The zero-order valence-electron chi connectivity index (χ0n) is 15.0. The summed E-state index contributed by atoms with van der Waals surface area (Å²) in [6.45, 7) is 0.596. The first-order valence-corrected chi connectivity index (χ1v) is 8.44. The lowest BCUT2D eigenvalue weighted by Gasteiger charge is -2.13. The van der Waals surface area contributed by atoms with Gasteiger partial charge in [0.2, 0.25) is 5.91 Å². The van der Waals surface area contributed by atoms with Gasteiger partial charge in [-0.1, -0.05) is 42.5 Å². The summed E-state index contributed by atoms with van der Waals surface area (Å²) in [5.41, 5.74) is 3.25. The number of benzene rings is 2. The molecule has 0 spiro atoms. The molecule has 0 aliphatic rings. The van der Waals surface area contributed by atoms with Crippen molar-refractivity contribution >= 4 is 23.5 Å². The van der Waals surface area contributed by atoms with Gasteiger partial charge < -0.3 is 10.2 Å². The maximum atomic E-state index is 12.2. The molecule has 0 aliphatic carbocycles. The van der Waals surface area contributed by atoms with Crippen molar-refractivity contribution in [3.8, 4) is 0 Å². The average molecular weight is 346 g/mol. The fourth-order valence-electron chi connectivity index (χ4n) is 2.54. The maximum absolute atomic E-state index is 12.2. The van der Waals surface area contributed by atoms with E-state index in [1.165, 1.54) is 6.08 Å². The summed E-state index contributed by atoms with van der Waals surface area (Å²) in [5, 5.41) is 7.18. The van der Waals surface area contributed by atoms with Crippen molar-refractivity contribution in [2.75, 3.05) is 24.3 Å². The molecule has 5 nitrogen and oxygen atoms in total. The Bertz CT molecular complexity index is 880. The minimum absolute atomic E-state index is 0.182. The summed E-state index contributed by atoms with van der Waals surface area (Å²) in [5.74, 6) is 0.489. The molecule has 3 rings (SSSR count). The molecule has 0 saturated heterocycles. The molecule has 0 radical (unpaired) electrons. The highest BCUT2D eigenvalue weighted by Crippen LogP contribution is 2.15. The van der Waals surface area contributed by atoms with Crippen molar-refractivity contribution in [3.05, 3.63) is 84.1 Å². The lowest BCUT2D eigenvalue weighted by Crippen LogP contribution is -2.14. The van der Waals surface area contributed by atoms with E-state index in [1.807, 2.05) is 44.4 Å². The molecule has 0 saturated carbocycles. The zero-order valence-corrected chi connectivity index (χ0v) is 15.0. The number of amides is 1. The van der Waals surface area contributed by atoms with Crippen LogP contribution in [0.3, 0.4) is 0 Å². The van der Waals surface area contributed by atoms with E-state index < -0.39 is 0 Å². The Balaban J connectivity index is 1.64. The summed E-state index contributed by atoms with van der Waals surface area (Å²) in [7, 11) is 4.03. The fraction of sp³-hybridized carbons (Fsp3) is 0.143. The molecule has 0 unspecified atom stereocenters. The number of aromatic nitrogens is 2. The monoisotopic (exact) mass is 346 g/mol. The average Bonchev–Trinajstić information content (AvgIpc) is 3.08. The molecule has 0 bridgehead atoms. The first-order chi connectivity index (χ1) is 12.6. The number of nitrogens with zero attached hydrogens (tertiary/aromatic N) is 3. The van der Waals surface area contributed by atoms with E-state index in [0.717, 1.165) is 16.8 Å². The summed E-state index contributed by atoms with van der Waals surface area (Å²) in [6, 6.07) is 19.8. The van der Waals surface area contributed by atoms with E-state index in [4.69, 9.17) is 0 Å². The van der Waals surface area contributed by atoms with Gasteiger partial charge in [-0.2, -0.15) is 5.10 Å². The van der Waals surface area contributed by atoms with Gasteiger partial charge in [0.15, 0.2) is 0 Å². The van der Waals surface area contributed by atoms with E-state index in [2.05, 4.69) is 39.6 Å². The van der Waals surface area contributed by atoms with Gasteiger partial charge in [-0.15, -0.1) is 0 Å². The topological polar surface area (TPSA) is 50.2 Å². The summed E-state index contributed by atoms with van der Waals surface area (Å²) in [6.07, 6.45) is 5.00. The van der Waals surface area contributed by atoms with Crippen molar-refractivity contribution in [1.29, 1.82) is 0 Å². The Morgan fingerprint density at radius 3 is 2.50 bits per heavy atom. The third kappa shape index (κ3) is 4.60. The molecule has 0 fully saturated rings. The largest absolute Gasteiger partial charge is 0.378 e. The second-order valence-corrected chi connectivity index (χ2v) is 6.17. The van der Waals surface area contributed by atoms with E-state index in [1.54, 1.807) is 23.0 Å². The van der Waals surface area contributed by atoms with Crippen LogP contribution in [0.25, 0.3) is 6.08 Å². The Kier molecular flexibility index (Phi) is 5.49. The van der Waals surface area contributed by atoms with Crippen molar-refractivity contribution in [3.63, 3.8) is 0 Å². The molecule has 0 aliphatic heterocycles. The SMILES string of the molecule is CN(C)c1ccc(Cn2nccc2NC(=O)/C=C/c2ccccc2)cc1. The summed E-state index contributed by atoms with van der Waals surface area (Å²) < 4.78 is 1.78. The van der Waals surface area contributed by atoms with Gasteiger partial charge >= 0.3 is 0 Å². The van der Waals surface area contributed by atoms with Crippen LogP contribution >= 0.6 is 0 Å². The molecule has 0 atom stereocenters. The standard InChI is InChI=1S/C21H22N4O/c1-24(2)19-11-8-18(9-12-19)16-25-20(14-15-22-25)23-21(26)13-10-17-6-4-3-5-7-17/h3-15H,16H2,1-2H3,(H,23,26)/b13-10+. The van der Waals surface area contributed by atoms with Crippen LogP contribution in [0.5, 0.6) is 0 Å². The van der Waals surface area contributed by atoms with Crippen LogP contribution in [-0.4, -0.2) is 29.8 Å². The lowest BCUT2D eigenvalue weighted by atomic mass is 10.2. The number of nitrogens with one attached hydrogen (secondary N) is 1. The van der Waals surface area contributed by atoms with E-state index in [9.17, 15) is 4.79 Å². The van der Waals surface area contributed by atoms with Crippen molar-refractivity contribution in [2.24, 2.45) is 0 Å². The van der Waals surface area contributed by atoms with E-state index >= 15 is 0 Å². The molecule has 1 aromatic heterocycles. The lowest BCUT2D eigenvalue weighted by molar-refractivity contribution is -0.111. The number of hydrogen-bond acceptors (Lipinski definition) is 3. The highest BCUT2D eigenvalue weighted by Gasteiger charge is 2.06. The maximum Gasteiger partial charge on any atom is 0.249 e. The Morgan fingerprint density at radius 2 is 1.81 bits per heavy atom. The first kappa shape index (κ1) is 17.5. The predicted octanol–water partition coefficient (Wildman–Crippen LogP) is 3.65. The summed E-state index contributed by atoms with van der Waals surface area (Å²) in [4.78, 5) is 14.2. The quantitative estimate of drug-likeness (QED) is 0.693. The molecule has 3 aromatic rings. The zero-order chi connectivity index (χ0) is 18.4. The minimum Gasteiger partial charge on any atom is -0.378 e. The number of carbonyl (C=O) groups excluding carboxylic acids is 1. The van der Waals surface area contributed by atoms with Gasteiger partial charge in [0.25, 0.3) is 0 Å². The second kappa shape index (κ2) is 8.16. The highest BCUT2D eigenvalue weighted by molar-refractivity contribution is 6.01. The number of anilines is 2. The minimum atomic E-state index is -0.182. The molecular weight excluding hydrogens is 324 g/mol. The third-order valence-electron chi connectivity index (χ3n) is 3.98. The smallest absolute Gasteiger partial charge is 0.249 e. The normalized spacial score (nSPS) is 10.8. The van der Waals surface area contributed by atoms with Gasteiger partial charge in [0.1, 0.15) is 5.82 Å². The van der Waals surface area contributed by atoms with E-state index in [0.29, 0.717) is 12.4 Å². The van der Waals surface area contributed by atoms with Crippen LogP contribution in [0.4, 0.5) is 11.5 Å². The van der Waals surface area contributed by atoms with Crippen LogP contribution < -0.4 is 10.2 Å². The van der Waals surface area contributed by atoms with Gasteiger partial charge in [0, 0.05) is 31.9 Å². The van der Waals surface area contributed by atoms with E-state index in [-0.39, 0.29) is 5.91 Å². The molecule has 1 N–H and O–H groups in total. The fourth-order valence-corrected chi connectivity index (χ4v) is 2.54. The Hall–Kier alpha value is -3.34. The molecule has 26 heavy (non-hydrogen) atoms. The Morgan fingerprint density at radius 1 is 1.08 bits per heavy atom. The number of carbonyl (C=O) groups is 1. The molecule has 1 heterocycles. The third-order valence-corrected chi connectivity index (χ3v) is 3.98. The van der Waals surface area contributed by atoms with Crippen LogP contribution in [0.2, 0.25) is 0 Å². The van der Waals surface area contributed by atoms with Crippen LogP contribution in [0.1, 0.15) is 11.1 Å². The van der Waals surface area contributed by atoms with Gasteiger partial charge in [-0.05, 0) is 29.3 Å². The van der Waals surface area contributed by atoms with Crippen molar-refractivity contribution in [2.45, 2.75) is 6.54 Å². The number of rotatable bonds is 6. The molecule has 5 heteroatoms. The van der Waals surface area contributed by atoms with Gasteiger partial charge in [-0.3, -0.25) is 4.79 Å². The van der Waals surface area contributed by atoms with Crippen LogP contribution in [0.15, 0.2) is 72.9 Å². The molecule has 132 valence electrons. The summed E-state index contributed by atoms with van der Waals surface area (Å²) >= 11 is 0. The molecule has 2 aromatic carbocycles. The van der Waals surface area contributed by atoms with Gasteiger partial charge in [-0.25, -0.2) is 4.68 Å². The van der Waals surface area contributed by atoms with Crippen LogP contribution in [0, 0.1) is 0 Å². The molecular formula is C21H22N4O. The number of hydrogen-bond donors (Lipinski definition) is 1. The predicted molar refractivity (Wildman–Crippen MR) is 106 cm³/mol. The highest BCUT2D eigenvalue weighted by atomic mass is 16.1. The van der Waals surface area contributed by atoms with Crippen LogP contribution in [-0.2, 0) is 11.3 Å². The second-order valence-electron chi connectivity index (χ2n) is 6.17. The van der Waals surface area contributed by atoms with Gasteiger partial charge in [0.05, 0.1) is 12.7 Å². The van der Waals surface area contributed by atoms with Crippen molar-refractivity contribution in [1.82, 2.24) is 9.78 Å².